The van der Waals surface area contributed by atoms with Gasteiger partial charge in [-0.15, -0.1) is 0 Å². The summed E-state index contributed by atoms with van der Waals surface area (Å²) in [5.74, 6) is 1.41. The van der Waals surface area contributed by atoms with E-state index in [-0.39, 0.29) is 11.4 Å². The monoisotopic (exact) mass is 308 g/mol. The summed E-state index contributed by atoms with van der Waals surface area (Å²) < 4.78 is 5.19. The zero-order chi connectivity index (χ0) is 16.6. The van der Waals surface area contributed by atoms with Crippen molar-refractivity contribution in [1.82, 2.24) is 0 Å². The lowest BCUT2D eigenvalue weighted by Gasteiger charge is -2.21. The fraction of sp³-hybridized carbons (Fsp3) is 0.263. The highest BCUT2D eigenvalue weighted by molar-refractivity contribution is 6.36. The van der Waals surface area contributed by atoms with Gasteiger partial charge < -0.3 is 4.74 Å². The number of hydrogen-bond donors (Lipinski definition) is 0. The number of fused-ring (bicyclic) bond motifs is 1. The number of amidine groups is 1. The molecule has 0 aliphatic carbocycles. The first-order valence-corrected chi connectivity index (χ1v) is 7.58. The largest absolute Gasteiger partial charge is 0.497 e. The summed E-state index contributed by atoms with van der Waals surface area (Å²) in [6.45, 7) is 6.08. The van der Waals surface area contributed by atoms with E-state index in [9.17, 15) is 4.79 Å². The van der Waals surface area contributed by atoms with E-state index >= 15 is 0 Å². The van der Waals surface area contributed by atoms with Crippen molar-refractivity contribution in [2.75, 3.05) is 12.0 Å². The van der Waals surface area contributed by atoms with E-state index in [1.807, 2.05) is 69.3 Å². The number of carbonyl (C=O) groups is 1. The van der Waals surface area contributed by atoms with Crippen LogP contribution < -0.4 is 9.64 Å². The Labute approximate surface area is 136 Å². The molecule has 2 aromatic carbocycles. The first kappa shape index (κ1) is 15.3. The molecule has 0 saturated heterocycles. The Morgan fingerprint density at radius 2 is 1.57 bits per heavy atom. The second kappa shape index (κ2) is 5.54. The molecule has 0 atom stereocenters. The number of amides is 1. The molecule has 1 heterocycles. The van der Waals surface area contributed by atoms with Crippen LogP contribution in [0.1, 0.15) is 36.7 Å². The van der Waals surface area contributed by atoms with Gasteiger partial charge in [-0.1, -0.05) is 18.2 Å². The summed E-state index contributed by atoms with van der Waals surface area (Å²) >= 11 is 0. The fourth-order valence-electron chi connectivity index (χ4n) is 2.60. The van der Waals surface area contributed by atoms with Gasteiger partial charge in [0.25, 0.3) is 5.91 Å². The molecule has 0 radical (unpaired) electrons. The van der Waals surface area contributed by atoms with Crippen LogP contribution in [0.2, 0.25) is 0 Å². The summed E-state index contributed by atoms with van der Waals surface area (Å²) in [5.41, 5.74) is 2.07. The van der Waals surface area contributed by atoms with Crippen molar-refractivity contribution in [1.29, 1.82) is 0 Å². The van der Waals surface area contributed by atoms with Crippen LogP contribution in [0.5, 0.6) is 5.75 Å². The van der Waals surface area contributed by atoms with E-state index in [1.165, 1.54) is 0 Å². The SMILES string of the molecule is COc1ccc(N2C(=O)c3ccccc3C2=NC(C)(C)C)cc1. The summed E-state index contributed by atoms with van der Waals surface area (Å²) in [6, 6.07) is 15.0. The highest BCUT2D eigenvalue weighted by atomic mass is 16.5. The summed E-state index contributed by atoms with van der Waals surface area (Å²) in [4.78, 5) is 19.3. The average Bonchev–Trinajstić information content (AvgIpc) is 2.79. The van der Waals surface area contributed by atoms with Crippen LogP contribution in [0.3, 0.4) is 0 Å². The van der Waals surface area contributed by atoms with Crippen LogP contribution in [-0.4, -0.2) is 24.4 Å². The third-order valence-corrected chi connectivity index (χ3v) is 3.59. The quantitative estimate of drug-likeness (QED) is 0.844. The highest BCUT2D eigenvalue weighted by Crippen LogP contribution is 2.31. The number of ether oxygens (including phenoxy) is 1. The maximum atomic E-state index is 12.9. The predicted molar refractivity (Wildman–Crippen MR) is 92.5 cm³/mol. The number of rotatable bonds is 2. The Morgan fingerprint density at radius 1 is 0.957 bits per heavy atom. The third kappa shape index (κ3) is 2.84. The van der Waals surface area contributed by atoms with Crippen LogP contribution in [0.15, 0.2) is 53.5 Å². The second-order valence-electron chi connectivity index (χ2n) is 6.49. The molecule has 23 heavy (non-hydrogen) atoms. The van der Waals surface area contributed by atoms with Crippen molar-refractivity contribution in [2.45, 2.75) is 26.3 Å². The van der Waals surface area contributed by atoms with Crippen LogP contribution >= 0.6 is 0 Å². The fourth-order valence-corrected chi connectivity index (χ4v) is 2.60. The number of aliphatic imine (C=N–C) groups is 1. The Hall–Kier alpha value is -2.62. The minimum atomic E-state index is -0.280. The molecule has 0 aromatic heterocycles. The van der Waals surface area contributed by atoms with Crippen LogP contribution in [-0.2, 0) is 0 Å². The number of methoxy groups -OCH3 is 1. The lowest BCUT2D eigenvalue weighted by molar-refractivity contribution is 0.101. The van der Waals surface area contributed by atoms with Gasteiger partial charge in [0.1, 0.15) is 11.6 Å². The molecule has 0 spiro atoms. The number of nitrogens with zero attached hydrogens (tertiary/aromatic N) is 2. The molecule has 1 amide bonds. The van der Waals surface area contributed by atoms with E-state index in [0.717, 1.165) is 17.0 Å². The normalized spacial score (nSPS) is 15.9. The Balaban J connectivity index is 2.14. The van der Waals surface area contributed by atoms with Crippen molar-refractivity contribution in [3.63, 3.8) is 0 Å². The summed E-state index contributed by atoms with van der Waals surface area (Å²) in [7, 11) is 1.62. The summed E-state index contributed by atoms with van der Waals surface area (Å²) in [5, 5.41) is 0. The van der Waals surface area contributed by atoms with Crippen LogP contribution in [0.4, 0.5) is 5.69 Å². The van der Waals surface area contributed by atoms with Gasteiger partial charge in [0.15, 0.2) is 0 Å². The molecule has 2 aromatic rings. The number of carbonyl (C=O) groups excluding carboxylic acids is 1. The predicted octanol–water partition coefficient (Wildman–Crippen LogP) is 3.90. The van der Waals surface area contributed by atoms with Gasteiger partial charge in [0, 0.05) is 5.56 Å². The molecule has 0 saturated carbocycles. The second-order valence-corrected chi connectivity index (χ2v) is 6.49. The van der Waals surface area contributed by atoms with Gasteiger partial charge in [-0.05, 0) is 51.1 Å². The molecular weight excluding hydrogens is 288 g/mol. The molecule has 4 heteroatoms. The standard InChI is InChI=1S/C19H20N2O2/c1-19(2,3)20-17-15-7-5-6-8-16(15)18(22)21(17)13-9-11-14(23-4)12-10-13/h5-12H,1-4H3. The van der Waals surface area contributed by atoms with Crippen LogP contribution in [0, 0.1) is 0 Å². The molecule has 118 valence electrons. The Morgan fingerprint density at radius 3 is 2.13 bits per heavy atom. The average molecular weight is 308 g/mol. The Bertz CT molecular complexity index is 771. The van der Waals surface area contributed by atoms with Crippen molar-refractivity contribution >= 4 is 17.4 Å². The van der Waals surface area contributed by atoms with E-state index in [4.69, 9.17) is 9.73 Å². The van der Waals surface area contributed by atoms with Gasteiger partial charge in [-0.2, -0.15) is 0 Å². The number of anilines is 1. The van der Waals surface area contributed by atoms with Gasteiger partial charge in [-0.3, -0.25) is 14.7 Å². The molecule has 0 bridgehead atoms. The maximum absolute atomic E-state index is 12.9. The Kier molecular flexibility index (Phi) is 3.68. The van der Waals surface area contributed by atoms with E-state index in [0.29, 0.717) is 11.4 Å². The smallest absolute Gasteiger partial charge is 0.264 e. The number of hydrogen-bond acceptors (Lipinski definition) is 3. The molecule has 0 fully saturated rings. The first-order chi connectivity index (χ1) is 10.9. The minimum absolute atomic E-state index is 0.0474. The zero-order valence-electron chi connectivity index (χ0n) is 13.8. The minimum Gasteiger partial charge on any atom is -0.497 e. The van der Waals surface area contributed by atoms with Gasteiger partial charge in [-0.25, -0.2) is 0 Å². The van der Waals surface area contributed by atoms with E-state index in [2.05, 4.69) is 0 Å². The lowest BCUT2D eigenvalue weighted by Crippen LogP contribution is -2.32. The van der Waals surface area contributed by atoms with Crippen molar-refractivity contribution in [3.05, 3.63) is 59.7 Å². The lowest BCUT2D eigenvalue weighted by atomic mass is 10.1. The first-order valence-electron chi connectivity index (χ1n) is 7.58. The molecule has 3 rings (SSSR count). The van der Waals surface area contributed by atoms with E-state index < -0.39 is 0 Å². The maximum Gasteiger partial charge on any atom is 0.264 e. The molecule has 1 aliphatic rings. The molecule has 4 nitrogen and oxygen atoms in total. The molecule has 1 aliphatic heterocycles. The molecule has 0 unspecified atom stereocenters. The molecule has 0 N–H and O–H groups in total. The van der Waals surface area contributed by atoms with E-state index in [1.54, 1.807) is 12.0 Å². The zero-order valence-corrected chi connectivity index (χ0v) is 13.8. The highest BCUT2D eigenvalue weighted by Gasteiger charge is 2.35. The summed E-state index contributed by atoms with van der Waals surface area (Å²) in [6.07, 6.45) is 0. The van der Waals surface area contributed by atoms with Crippen LogP contribution in [0.25, 0.3) is 0 Å². The van der Waals surface area contributed by atoms with Crippen molar-refractivity contribution in [3.8, 4) is 5.75 Å². The van der Waals surface area contributed by atoms with Gasteiger partial charge >= 0.3 is 0 Å². The van der Waals surface area contributed by atoms with Gasteiger partial charge in [0.2, 0.25) is 0 Å². The number of benzene rings is 2. The van der Waals surface area contributed by atoms with Gasteiger partial charge in [0.05, 0.1) is 23.9 Å². The third-order valence-electron chi connectivity index (χ3n) is 3.59. The molecular formula is C19H20N2O2. The topological polar surface area (TPSA) is 41.9 Å². The van der Waals surface area contributed by atoms with Crippen molar-refractivity contribution < 1.29 is 9.53 Å². The van der Waals surface area contributed by atoms with Crippen molar-refractivity contribution in [2.24, 2.45) is 4.99 Å².